The van der Waals surface area contributed by atoms with Crippen LogP contribution in [0.2, 0.25) is 0 Å². The van der Waals surface area contributed by atoms with Crippen molar-refractivity contribution in [1.82, 2.24) is 0 Å². The first-order valence-electron chi connectivity index (χ1n) is 0.471. The monoisotopic (exact) mass is 202 g/mol. The van der Waals surface area contributed by atoms with Crippen LogP contribution in [0.25, 0.3) is 0 Å². The van der Waals surface area contributed by atoms with Gasteiger partial charge in [0, 0.05) is 6.47 Å². The van der Waals surface area contributed by atoms with E-state index >= 15 is 0 Å². The molecule has 2 nitrogen and oxygen atoms in total. The summed E-state index contributed by atoms with van der Waals surface area (Å²) in [4.78, 5) is 8.25. The molecule has 0 bridgehead atoms. The summed E-state index contributed by atoms with van der Waals surface area (Å²) in [6.45, 7) is -0.500. The first-order chi connectivity index (χ1) is 1.41. The van der Waals surface area contributed by atoms with Gasteiger partial charge in [-0.05, 0) is 0 Å². The van der Waals surface area contributed by atoms with Crippen molar-refractivity contribution in [1.29, 1.82) is 0 Å². The Morgan fingerprint density at radius 3 is 1.60 bits per heavy atom. The number of carbonyl (C=O) groups is 1. The van der Waals surface area contributed by atoms with Crippen LogP contribution in [-0.4, -0.2) is 75.4 Å². The molecule has 20 valence electrons. The predicted molar refractivity (Wildman–Crippen MR) is 13.2 cm³/mol. The van der Waals surface area contributed by atoms with Gasteiger partial charge in [-0.3, -0.25) is 0 Å². The Kier molecular flexibility index (Phi) is 50.2. The van der Waals surface area contributed by atoms with Crippen LogP contribution < -0.4 is 34.7 Å². The minimum absolute atomic E-state index is 0. The third-order valence-electron chi connectivity index (χ3n) is 0. The molecule has 0 aromatic carbocycles. The number of rotatable bonds is 0. The fourth-order valence-corrected chi connectivity index (χ4v) is 0. The molecule has 0 unspecified atom stereocenters. The molecule has 0 amide bonds. The third-order valence-corrected chi connectivity index (χ3v) is 0. The molecule has 0 aromatic rings. The van der Waals surface area contributed by atoms with Crippen LogP contribution in [0, 0.1) is 0 Å². The van der Waals surface area contributed by atoms with E-state index in [1.54, 1.807) is 0 Å². The van der Waals surface area contributed by atoms with Gasteiger partial charge in [-0.25, -0.2) is 0 Å². The number of hydrogen-bond acceptors (Lipinski definition) is 2. The SMILES string of the molecule is O=C[O-].[CsH].[Na+]. The Morgan fingerprint density at radius 2 is 1.60 bits per heavy atom. The molecule has 0 heterocycles. The summed E-state index contributed by atoms with van der Waals surface area (Å²) in [6, 6.07) is 0. The summed E-state index contributed by atoms with van der Waals surface area (Å²) in [5, 5.41) is 8.25. The molecule has 0 aromatic heterocycles. The Morgan fingerprint density at radius 1 is 1.60 bits per heavy atom. The van der Waals surface area contributed by atoms with Gasteiger partial charge >= 0.3 is 98.5 Å². The van der Waals surface area contributed by atoms with E-state index in [0.717, 1.165) is 0 Å². The average molecular weight is 202 g/mol. The van der Waals surface area contributed by atoms with Crippen molar-refractivity contribution < 1.29 is 39.5 Å². The standard InChI is InChI=1S/CH2O2.Cs.Na.H/c2-1-3;;;/h1H,(H,2,3);;;/q;;+1;/p-1. The molecule has 0 aliphatic heterocycles. The van der Waals surface area contributed by atoms with Crippen LogP contribution in [0.4, 0.5) is 0 Å². The van der Waals surface area contributed by atoms with Crippen molar-refractivity contribution in [2.75, 3.05) is 0 Å². The zero-order valence-corrected chi connectivity index (χ0v) is 4.39. The molecular formula is CH2CsNaO2. The second-order valence-corrected chi connectivity index (χ2v) is 0.0962. The third kappa shape index (κ3) is 21.0. The van der Waals surface area contributed by atoms with Gasteiger partial charge in [0.2, 0.25) is 0 Å². The van der Waals surface area contributed by atoms with Crippen molar-refractivity contribution in [3.8, 4) is 0 Å². The van der Waals surface area contributed by atoms with Crippen LogP contribution in [0.5, 0.6) is 0 Å². The molecule has 0 spiro atoms. The summed E-state index contributed by atoms with van der Waals surface area (Å²) in [7, 11) is 0. The molecule has 0 aliphatic rings. The fraction of sp³-hybridized carbons (Fsp3) is 0. The second kappa shape index (κ2) is 16.0. The van der Waals surface area contributed by atoms with Crippen LogP contribution in [0.15, 0.2) is 0 Å². The van der Waals surface area contributed by atoms with E-state index in [-0.39, 0.29) is 98.5 Å². The number of hydrogen-bond donors (Lipinski definition) is 0. The van der Waals surface area contributed by atoms with Crippen LogP contribution in [0.1, 0.15) is 0 Å². The molecule has 5 heavy (non-hydrogen) atoms. The zero-order valence-electron chi connectivity index (χ0n) is 2.39. The van der Waals surface area contributed by atoms with Crippen molar-refractivity contribution in [2.45, 2.75) is 0 Å². The predicted octanol–water partition coefficient (Wildman–Crippen LogP) is -5.28. The number of carbonyl (C=O) groups excluding carboxylic acids is 1. The average Bonchev–Trinajstić information content (AvgIpc) is 0.918. The van der Waals surface area contributed by atoms with Gasteiger partial charge in [-0.15, -0.1) is 0 Å². The summed E-state index contributed by atoms with van der Waals surface area (Å²) >= 11 is 0. The van der Waals surface area contributed by atoms with Gasteiger partial charge < -0.3 is 9.90 Å². The zero-order chi connectivity index (χ0) is 2.71. The Labute approximate surface area is 111 Å². The minimum atomic E-state index is -0.500. The second-order valence-electron chi connectivity index (χ2n) is 0.0962. The summed E-state index contributed by atoms with van der Waals surface area (Å²) in [6.07, 6.45) is 0. The first-order valence-corrected chi connectivity index (χ1v) is 0.471. The largest absolute Gasteiger partial charge is 1.00 e. The maximum atomic E-state index is 8.25. The normalized spacial score (nSPS) is 2.40. The van der Waals surface area contributed by atoms with Crippen molar-refractivity contribution >= 4 is 75.4 Å². The summed E-state index contributed by atoms with van der Waals surface area (Å²) < 4.78 is 0. The van der Waals surface area contributed by atoms with Gasteiger partial charge in [0.05, 0.1) is 0 Å². The fourth-order valence-electron chi connectivity index (χ4n) is 0. The van der Waals surface area contributed by atoms with Crippen molar-refractivity contribution in [3.05, 3.63) is 0 Å². The van der Waals surface area contributed by atoms with Crippen LogP contribution in [-0.2, 0) is 4.79 Å². The maximum absolute atomic E-state index is 8.25. The van der Waals surface area contributed by atoms with Crippen LogP contribution in [0.3, 0.4) is 0 Å². The summed E-state index contributed by atoms with van der Waals surface area (Å²) in [5.74, 6) is 0. The Bertz CT molecular complexity index is 17.1. The van der Waals surface area contributed by atoms with E-state index in [1.807, 2.05) is 0 Å². The van der Waals surface area contributed by atoms with E-state index in [4.69, 9.17) is 9.90 Å². The van der Waals surface area contributed by atoms with E-state index < -0.39 is 6.47 Å². The Balaban J connectivity index is -0.0000000200. The molecule has 4 heteroatoms. The molecule has 0 atom stereocenters. The molecule has 0 fully saturated rings. The Hall–Kier alpha value is 2.52. The van der Waals surface area contributed by atoms with Crippen molar-refractivity contribution in [3.63, 3.8) is 0 Å². The molecule has 0 radical (unpaired) electrons. The van der Waals surface area contributed by atoms with E-state index in [1.165, 1.54) is 0 Å². The molecule has 0 N–H and O–H groups in total. The van der Waals surface area contributed by atoms with Crippen LogP contribution >= 0.6 is 0 Å². The maximum Gasteiger partial charge on any atom is 1.00 e. The molecule has 0 saturated carbocycles. The van der Waals surface area contributed by atoms with Gasteiger partial charge in [-0.2, -0.15) is 0 Å². The molecule has 0 rings (SSSR count). The number of carboxylic acid groups (broad SMARTS) is 1. The smallest absolute Gasteiger partial charge is 1.00 e. The van der Waals surface area contributed by atoms with Gasteiger partial charge in [0.25, 0.3) is 0 Å². The minimum Gasteiger partial charge on any atom is 1.00 e. The van der Waals surface area contributed by atoms with Gasteiger partial charge in [0.1, 0.15) is 0 Å². The van der Waals surface area contributed by atoms with E-state index in [9.17, 15) is 0 Å². The van der Waals surface area contributed by atoms with Crippen molar-refractivity contribution in [2.24, 2.45) is 0 Å². The molecular weight excluding hydrogens is 200 g/mol. The quantitative estimate of drug-likeness (QED) is 0.291. The van der Waals surface area contributed by atoms with Gasteiger partial charge in [-0.1, -0.05) is 0 Å². The first kappa shape index (κ1) is 15.6. The van der Waals surface area contributed by atoms with E-state index in [0.29, 0.717) is 0 Å². The summed E-state index contributed by atoms with van der Waals surface area (Å²) in [5.41, 5.74) is 0. The molecule has 0 saturated heterocycles. The van der Waals surface area contributed by atoms with E-state index in [2.05, 4.69) is 0 Å². The topological polar surface area (TPSA) is 40.1 Å². The molecule has 0 aliphatic carbocycles. The van der Waals surface area contributed by atoms with Gasteiger partial charge in [0.15, 0.2) is 0 Å².